The van der Waals surface area contributed by atoms with Crippen LogP contribution in [0, 0.1) is 0 Å². The standard InChI is InChI=1S/C13H17NOS/c1-13(8-16-9-13)15-12-6-2-5-11-10(12)4-3-7-14-11/h2,5-6,14H,3-4,7-9H2,1H3. The summed E-state index contributed by atoms with van der Waals surface area (Å²) in [5, 5.41) is 3.44. The number of thioether (sulfide) groups is 1. The topological polar surface area (TPSA) is 21.3 Å². The van der Waals surface area contributed by atoms with Gasteiger partial charge in [0, 0.05) is 29.3 Å². The van der Waals surface area contributed by atoms with Crippen molar-refractivity contribution in [1.29, 1.82) is 0 Å². The lowest BCUT2D eigenvalue weighted by molar-refractivity contribution is 0.127. The summed E-state index contributed by atoms with van der Waals surface area (Å²) in [6.45, 7) is 3.29. The Labute approximate surface area is 101 Å². The van der Waals surface area contributed by atoms with Gasteiger partial charge in [0.15, 0.2) is 0 Å². The van der Waals surface area contributed by atoms with Gasteiger partial charge in [-0.2, -0.15) is 11.8 Å². The zero-order valence-corrected chi connectivity index (χ0v) is 10.4. The normalized spacial score (nSPS) is 21.6. The number of benzene rings is 1. The van der Waals surface area contributed by atoms with Crippen LogP contribution in [0.25, 0.3) is 0 Å². The highest BCUT2D eigenvalue weighted by atomic mass is 32.2. The molecule has 0 spiro atoms. The fraction of sp³-hybridized carbons (Fsp3) is 0.538. The minimum absolute atomic E-state index is 0.0667. The van der Waals surface area contributed by atoms with E-state index in [-0.39, 0.29) is 5.60 Å². The van der Waals surface area contributed by atoms with Crippen molar-refractivity contribution in [3.05, 3.63) is 23.8 Å². The molecule has 1 aromatic rings. The Morgan fingerprint density at radius 3 is 3.00 bits per heavy atom. The largest absolute Gasteiger partial charge is 0.485 e. The van der Waals surface area contributed by atoms with Crippen LogP contribution in [0.4, 0.5) is 5.69 Å². The first-order valence-corrected chi connectivity index (χ1v) is 7.05. The van der Waals surface area contributed by atoms with Gasteiger partial charge in [-0.25, -0.2) is 0 Å². The summed E-state index contributed by atoms with van der Waals surface area (Å²) < 4.78 is 6.18. The zero-order chi connectivity index (χ0) is 11.0. The second-order valence-corrected chi connectivity index (χ2v) is 5.84. The fourth-order valence-corrected chi connectivity index (χ4v) is 3.18. The number of fused-ring (bicyclic) bond motifs is 1. The molecule has 2 aliphatic rings. The summed E-state index contributed by atoms with van der Waals surface area (Å²) in [5.41, 5.74) is 2.70. The lowest BCUT2D eigenvalue weighted by atomic mass is 10.0. The molecular formula is C13H17NOS. The molecule has 1 saturated heterocycles. The van der Waals surface area contributed by atoms with Gasteiger partial charge in [-0.05, 0) is 31.9 Å². The Morgan fingerprint density at radius 1 is 1.38 bits per heavy atom. The number of hydrogen-bond acceptors (Lipinski definition) is 3. The van der Waals surface area contributed by atoms with E-state index in [1.54, 1.807) is 0 Å². The van der Waals surface area contributed by atoms with Crippen LogP contribution in [0.1, 0.15) is 18.9 Å². The molecule has 3 heteroatoms. The molecule has 3 rings (SSSR count). The first-order valence-electron chi connectivity index (χ1n) is 5.89. The summed E-state index contributed by atoms with van der Waals surface area (Å²) in [4.78, 5) is 0. The van der Waals surface area contributed by atoms with Crippen molar-refractivity contribution in [2.75, 3.05) is 23.4 Å². The van der Waals surface area contributed by atoms with Gasteiger partial charge in [0.2, 0.25) is 0 Å². The Hall–Kier alpha value is -0.830. The van der Waals surface area contributed by atoms with Crippen LogP contribution in [0.15, 0.2) is 18.2 Å². The summed E-state index contributed by atoms with van der Waals surface area (Å²) in [7, 11) is 0. The average molecular weight is 235 g/mol. The highest BCUT2D eigenvalue weighted by Crippen LogP contribution is 2.38. The van der Waals surface area contributed by atoms with Gasteiger partial charge in [-0.1, -0.05) is 6.07 Å². The summed E-state index contributed by atoms with van der Waals surface area (Å²) >= 11 is 1.96. The van der Waals surface area contributed by atoms with Gasteiger partial charge in [0.1, 0.15) is 11.4 Å². The smallest absolute Gasteiger partial charge is 0.125 e. The minimum Gasteiger partial charge on any atom is -0.485 e. The van der Waals surface area contributed by atoms with E-state index in [1.165, 1.54) is 17.7 Å². The third-order valence-corrected chi connectivity index (χ3v) is 4.85. The molecule has 0 radical (unpaired) electrons. The van der Waals surface area contributed by atoms with Crippen molar-refractivity contribution in [3.63, 3.8) is 0 Å². The van der Waals surface area contributed by atoms with Crippen LogP contribution < -0.4 is 10.1 Å². The Kier molecular flexibility index (Phi) is 2.51. The molecule has 1 aromatic carbocycles. The summed E-state index contributed by atoms with van der Waals surface area (Å²) in [5.74, 6) is 3.32. The Morgan fingerprint density at radius 2 is 2.25 bits per heavy atom. The Balaban J connectivity index is 1.88. The van der Waals surface area contributed by atoms with Crippen molar-refractivity contribution >= 4 is 17.4 Å². The molecule has 1 N–H and O–H groups in total. The third-order valence-electron chi connectivity index (χ3n) is 3.22. The third kappa shape index (κ3) is 1.77. The second-order valence-electron chi connectivity index (χ2n) is 4.86. The first-order chi connectivity index (χ1) is 7.77. The maximum atomic E-state index is 6.18. The quantitative estimate of drug-likeness (QED) is 0.851. The zero-order valence-electron chi connectivity index (χ0n) is 9.58. The van der Waals surface area contributed by atoms with Gasteiger partial charge in [-0.3, -0.25) is 0 Å². The van der Waals surface area contributed by atoms with Crippen LogP contribution in [0.3, 0.4) is 0 Å². The summed E-state index contributed by atoms with van der Waals surface area (Å²) in [6.07, 6.45) is 2.35. The maximum Gasteiger partial charge on any atom is 0.125 e. The van der Waals surface area contributed by atoms with E-state index >= 15 is 0 Å². The van der Waals surface area contributed by atoms with E-state index in [2.05, 4.69) is 30.4 Å². The molecule has 1 fully saturated rings. The van der Waals surface area contributed by atoms with Gasteiger partial charge >= 0.3 is 0 Å². The first kappa shape index (κ1) is 10.3. The molecule has 16 heavy (non-hydrogen) atoms. The van der Waals surface area contributed by atoms with E-state index in [1.807, 2.05) is 11.8 Å². The molecular weight excluding hydrogens is 218 g/mol. The molecule has 0 saturated carbocycles. The SMILES string of the molecule is CC1(Oc2cccc3c2CCCN3)CSC1. The molecule has 0 unspecified atom stereocenters. The lowest BCUT2D eigenvalue weighted by Crippen LogP contribution is -2.46. The van der Waals surface area contributed by atoms with E-state index in [0.29, 0.717) is 0 Å². The molecule has 2 heterocycles. The van der Waals surface area contributed by atoms with Crippen molar-refractivity contribution in [3.8, 4) is 5.75 Å². The number of nitrogens with one attached hydrogen (secondary N) is 1. The second kappa shape index (κ2) is 3.88. The molecule has 0 bridgehead atoms. The van der Waals surface area contributed by atoms with Crippen LogP contribution in [-0.2, 0) is 6.42 Å². The van der Waals surface area contributed by atoms with Gasteiger partial charge in [0.05, 0.1) is 0 Å². The van der Waals surface area contributed by atoms with Crippen molar-refractivity contribution in [1.82, 2.24) is 0 Å². The Bertz CT molecular complexity index is 401. The van der Waals surface area contributed by atoms with Crippen LogP contribution >= 0.6 is 11.8 Å². The van der Waals surface area contributed by atoms with Crippen LogP contribution in [-0.4, -0.2) is 23.7 Å². The molecule has 0 aromatic heterocycles. The van der Waals surface area contributed by atoms with Crippen LogP contribution in [0.2, 0.25) is 0 Å². The molecule has 0 atom stereocenters. The molecule has 0 amide bonds. The van der Waals surface area contributed by atoms with Gasteiger partial charge in [-0.15, -0.1) is 0 Å². The fourth-order valence-electron chi connectivity index (χ4n) is 2.29. The van der Waals surface area contributed by atoms with Crippen LogP contribution in [0.5, 0.6) is 5.75 Å². The number of rotatable bonds is 2. The number of anilines is 1. The van der Waals surface area contributed by atoms with Crippen molar-refractivity contribution < 1.29 is 4.74 Å². The monoisotopic (exact) mass is 235 g/mol. The number of ether oxygens (including phenoxy) is 1. The highest BCUT2D eigenvalue weighted by molar-refractivity contribution is 8.00. The predicted octanol–water partition coefficient (Wildman–Crippen LogP) is 2.93. The number of hydrogen-bond donors (Lipinski definition) is 1. The lowest BCUT2D eigenvalue weighted by Gasteiger charge is -2.39. The molecule has 86 valence electrons. The summed E-state index contributed by atoms with van der Waals surface area (Å²) in [6, 6.07) is 6.35. The van der Waals surface area contributed by atoms with Crippen molar-refractivity contribution in [2.45, 2.75) is 25.4 Å². The molecule has 0 aliphatic carbocycles. The molecule has 2 nitrogen and oxygen atoms in total. The van der Waals surface area contributed by atoms with Gasteiger partial charge < -0.3 is 10.1 Å². The van der Waals surface area contributed by atoms with Crippen molar-refractivity contribution in [2.24, 2.45) is 0 Å². The minimum atomic E-state index is 0.0667. The van der Waals surface area contributed by atoms with E-state index in [9.17, 15) is 0 Å². The molecule has 2 aliphatic heterocycles. The highest BCUT2D eigenvalue weighted by Gasteiger charge is 2.35. The van der Waals surface area contributed by atoms with Gasteiger partial charge in [0.25, 0.3) is 0 Å². The predicted molar refractivity (Wildman–Crippen MR) is 69.6 cm³/mol. The maximum absolute atomic E-state index is 6.18. The average Bonchev–Trinajstić information content (AvgIpc) is 2.27. The van der Waals surface area contributed by atoms with E-state index in [4.69, 9.17) is 4.74 Å². The van der Waals surface area contributed by atoms with E-state index in [0.717, 1.165) is 30.2 Å². The van der Waals surface area contributed by atoms with E-state index < -0.39 is 0 Å².